The Hall–Kier alpha value is -1.95. The molecule has 0 saturated heterocycles. The van der Waals surface area contributed by atoms with Gasteiger partial charge in [-0.1, -0.05) is 33.1 Å². The Kier molecular flexibility index (Phi) is 8.90. The highest BCUT2D eigenvalue weighted by Crippen LogP contribution is 2.12. The summed E-state index contributed by atoms with van der Waals surface area (Å²) in [5, 5.41) is 15.0. The number of carbonyl (C=O) groups excluding carboxylic acids is 1. The molecule has 0 aliphatic rings. The van der Waals surface area contributed by atoms with Gasteiger partial charge in [-0.3, -0.25) is 14.6 Å². The van der Waals surface area contributed by atoms with E-state index in [2.05, 4.69) is 29.5 Å². The van der Waals surface area contributed by atoms with Crippen LogP contribution in [0.2, 0.25) is 0 Å². The number of carbonyl (C=O) groups is 2. The largest absolute Gasteiger partial charge is 0.480 e. The third-order valence-electron chi connectivity index (χ3n) is 3.83. The molecule has 1 heterocycles. The first kappa shape index (κ1) is 19.1. The Balaban J connectivity index is 2.47. The maximum atomic E-state index is 12.0. The number of aliphatic carboxylic acids is 1. The highest BCUT2D eigenvalue weighted by atomic mass is 16.4. The summed E-state index contributed by atoms with van der Waals surface area (Å²) in [5.74, 6) is -0.894. The predicted molar refractivity (Wildman–Crippen MR) is 90.2 cm³/mol. The Morgan fingerprint density at radius 3 is 2.70 bits per heavy atom. The van der Waals surface area contributed by atoms with Gasteiger partial charge >= 0.3 is 5.97 Å². The molecule has 2 atom stereocenters. The lowest BCUT2D eigenvalue weighted by molar-refractivity contribution is -0.141. The van der Waals surface area contributed by atoms with Crippen molar-refractivity contribution in [3.05, 3.63) is 24.5 Å². The molecule has 3 N–H and O–H groups in total. The van der Waals surface area contributed by atoms with Crippen molar-refractivity contribution in [1.82, 2.24) is 10.3 Å². The lowest BCUT2D eigenvalue weighted by Gasteiger charge is -2.19. The number of unbranched alkanes of at least 4 members (excludes halogenated alkanes) is 1. The Labute approximate surface area is 137 Å². The van der Waals surface area contributed by atoms with Crippen LogP contribution in [0.5, 0.6) is 0 Å². The molecule has 0 saturated carbocycles. The first-order valence-electron chi connectivity index (χ1n) is 8.22. The number of aromatic nitrogens is 1. The standard InChI is InChI=1S/C17H27N3O3/c1-3-5-7-13(4-2)11-19-15(17(22)23)10-16(21)20-14-8-6-9-18-12-14/h6,8-9,12-13,15,19H,3-5,7,10-11H2,1-2H3,(H,20,21)(H,22,23)/t13?,15-/m0/s1. The molecule has 6 heteroatoms. The Bertz CT molecular complexity index is 479. The van der Waals surface area contributed by atoms with Crippen LogP contribution in [-0.4, -0.2) is 34.6 Å². The van der Waals surface area contributed by atoms with Crippen LogP contribution in [0, 0.1) is 5.92 Å². The minimum atomic E-state index is -1.00. The molecule has 0 spiro atoms. The molecule has 1 rings (SSSR count). The highest BCUT2D eigenvalue weighted by molar-refractivity contribution is 5.93. The van der Waals surface area contributed by atoms with Crippen molar-refractivity contribution in [1.29, 1.82) is 0 Å². The van der Waals surface area contributed by atoms with Crippen molar-refractivity contribution >= 4 is 17.6 Å². The average molecular weight is 321 g/mol. The highest BCUT2D eigenvalue weighted by Gasteiger charge is 2.22. The molecule has 1 amide bonds. The maximum absolute atomic E-state index is 12.0. The van der Waals surface area contributed by atoms with Gasteiger partial charge in [0.05, 0.1) is 18.3 Å². The van der Waals surface area contributed by atoms with Crippen molar-refractivity contribution in [2.45, 2.75) is 52.0 Å². The summed E-state index contributed by atoms with van der Waals surface area (Å²) in [6, 6.07) is 2.55. The molecular weight excluding hydrogens is 294 g/mol. The second kappa shape index (κ2) is 10.7. The summed E-state index contributed by atoms with van der Waals surface area (Å²) in [6.07, 6.45) is 7.38. The number of carboxylic acid groups (broad SMARTS) is 1. The topological polar surface area (TPSA) is 91.3 Å². The summed E-state index contributed by atoms with van der Waals surface area (Å²) >= 11 is 0. The van der Waals surface area contributed by atoms with Gasteiger partial charge in [-0.2, -0.15) is 0 Å². The fraction of sp³-hybridized carbons (Fsp3) is 0.588. The van der Waals surface area contributed by atoms with Crippen molar-refractivity contribution in [2.24, 2.45) is 5.92 Å². The van der Waals surface area contributed by atoms with Crippen LogP contribution in [-0.2, 0) is 9.59 Å². The van der Waals surface area contributed by atoms with Crippen LogP contribution in [0.15, 0.2) is 24.5 Å². The molecule has 0 radical (unpaired) electrons. The number of amides is 1. The van der Waals surface area contributed by atoms with Gasteiger partial charge in [-0.25, -0.2) is 0 Å². The Morgan fingerprint density at radius 1 is 1.35 bits per heavy atom. The number of nitrogens with zero attached hydrogens (tertiary/aromatic N) is 1. The molecule has 6 nitrogen and oxygen atoms in total. The second-order valence-corrected chi connectivity index (χ2v) is 5.71. The third-order valence-corrected chi connectivity index (χ3v) is 3.83. The van der Waals surface area contributed by atoms with E-state index in [1.165, 1.54) is 6.20 Å². The van der Waals surface area contributed by atoms with E-state index >= 15 is 0 Å². The number of hydrogen-bond acceptors (Lipinski definition) is 4. The molecule has 0 aromatic carbocycles. The molecule has 0 bridgehead atoms. The molecule has 1 unspecified atom stereocenters. The van der Waals surface area contributed by atoms with Crippen LogP contribution in [0.3, 0.4) is 0 Å². The molecule has 23 heavy (non-hydrogen) atoms. The van der Waals surface area contributed by atoms with Crippen LogP contribution in [0.1, 0.15) is 46.0 Å². The lowest BCUT2D eigenvalue weighted by Crippen LogP contribution is -2.42. The van der Waals surface area contributed by atoms with Crippen LogP contribution < -0.4 is 10.6 Å². The van der Waals surface area contributed by atoms with Gasteiger partial charge in [0.15, 0.2) is 0 Å². The molecule has 0 aliphatic carbocycles. The van der Waals surface area contributed by atoms with E-state index in [1.54, 1.807) is 18.3 Å². The number of carboxylic acids is 1. The van der Waals surface area contributed by atoms with E-state index < -0.39 is 12.0 Å². The minimum absolute atomic E-state index is 0.103. The van der Waals surface area contributed by atoms with E-state index in [0.29, 0.717) is 18.2 Å². The second-order valence-electron chi connectivity index (χ2n) is 5.71. The van der Waals surface area contributed by atoms with E-state index in [0.717, 1.165) is 25.7 Å². The zero-order valence-electron chi connectivity index (χ0n) is 13.9. The third kappa shape index (κ3) is 7.74. The average Bonchev–Trinajstić information content (AvgIpc) is 2.54. The van der Waals surface area contributed by atoms with E-state index in [9.17, 15) is 14.7 Å². The molecule has 1 aromatic heterocycles. The number of pyridine rings is 1. The lowest BCUT2D eigenvalue weighted by atomic mass is 9.99. The first-order valence-corrected chi connectivity index (χ1v) is 8.22. The van der Waals surface area contributed by atoms with Gasteiger partial charge in [0.25, 0.3) is 0 Å². The van der Waals surface area contributed by atoms with Crippen LogP contribution >= 0.6 is 0 Å². The van der Waals surface area contributed by atoms with Gasteiger partial charge in [0, 0.05) is 6.20 Å². The van der Waals surface area contributed by atoms with Gasteiger partial charge in [-0.05, 0) is 31.0 Å². The molecular formula is C17H27N3O3. The van der Waals surface area contributed by atoms with E-state index in [1.807, 2.05) is 0 Å². The predicted octanol–water partition coefficient (Wildman–Crippen LogP) is 2.67. The zero-order valence-corrected chi connectivity index (χ0v) is 13.9. The fourth-order valence-electron chi connectivity index (χ4n) is 2.33. The van der Waals surface area contributed by atoms with Gasteiger partial charge in [-0.15, -0.1) is 0 Å². The maximum Gasteiger partial charge on any atom is 0.321 e. The van der Waals surface area contributed by atoms with Crippen LogP contribution in [0.4, 0.5) is 5.69 Å². The first-order chi connectivity index (χ1) is 11.1. The van der Waals surface area contributed by atoms with Gasteiger partial charge < -0.3 is 15.7 Å². The number of hydrogen-bond donors (Lipinski definition) is 3. The molecule has 0 aliphatic heterocycles. The van der Waals surface area contributed by atoms with Crippen molar-refractivity contribution < 1.29 is 14.7 Å². The van der Waals surface area contributed by atoms with Crippen molar-refractivity contribution in [3.8, 4) is 0 Å². The quantitative estimate of drug-likeness (QED) is 0.583. The number of anilines is 1. The Morgan fingerprint density at radius 2 is 2.13 bits per heavy atom. The van der Waals surface area contributed by atoms with Gasteiger partial charge in [0.1, 0.15) is 6.04 Å². The number of nitrogens with one attached hydrogen (secondary N) is 2. The van der Waals surface area contributed by atoms with Gasteiger partial charge in [0.2, 0.25) is 5.91 Å². The number of rotatable bonds is 11. The fourth-order valence-corrected chi connectivity index (χ4v) is 2.33. The molecule has 0 fully saturated rings. The summed E-state index contributed by atoms with van der Waals surface area (Å²) in [7, 11) is 0. The monoisotopic (exact) mass is 321 g/mol. The normalized spacial score (nSPS) is 13.3. The summed E-state index contributed by atoms with van der Waals surface area (Å²) in [6.45, 7) is 4.86. The molecule has 128 valence electrons. The summed E-state index contributed by atoms with van der Waals surface area (Å²) in [4.78, 5) is 27.2. The summed E-state index contributed by atoms with van der Waals surface area (Å²) < 4.78 is 0. The summed E-state index contributed by atoms with van der Waals surface area (Å²) in [5.41, 5.74) is 0.566. The van der Waals surface area contributed by atoms with Crippen molar-refractivity contribution in [2.75, 3.05) is 11.9 Å². The minimum Gasteiger partial charge on any atom is -0.480 e. The smallest absolute Gasteiger partial charge is 0.321 e. The SMILES string of the molecule is CCCCC(CC)CN[C@@H](CC(=O)Nc1cccnc1)C(=O)O. The van der Waals surface area contributed by atoms with Crippen molar-refractivity contribution in [3.63, 3.8) is 0 Å². The molecule has 1 aromatic rings. The van der Waals surface area contributed by atoms with E-state index in [4.69, 9.17) is 0 Å². The van der Waals surface area contributed by atoms with E-state index in [-0.39, 0.29) is 12.3 Å². The zero-order chi connectivity index (χ0) is 17.1. The van der Waals surface area contributed by atoms with Crippen LogP contribution in [0.25, 0.3) is 0 Å².